The molecule has 1 heterocycles. The summed E-state index contributed by atoms with van der Waals surface area (Å²) in [6.45, 7) is 7.87. The number of hydrogen-bond acceptors (Lipinski definition) is 7. The molecule has 4 N–H and O–H groups in total. The van der Waals surface area contributed by atoms with E-state index in [0.29, 0.717) is 0 Å². The third kappa shape index (κ3) is 9.92. The fraction of sp³-hybridized carbons (Fsp3) is 0.367. The number of nitrogens with zero attached hydrogens (tertiary/aromatic N) is 2. The van der Waals surface area contributed by atoms with E-state index in [4.69, 9.17) is 9.47 Å². The van der Waals surface area contributed by atoms with Crippen LogP contribution in [0.4, 0.5) is 15.0 Å². The second-order valence-electron chi connectivity index (χ2n) is 11.3. The molecule has 0 aliphatic rings. The second-order valence-corrected chi connectivity index (χ2v) is 11.3. The van der Waals surface area contributed by atoms with Gasteiger partial charge in [0.15, 0.2) is 11.9 Å². The summed E-state index contributed by atoms with van der Waals surface area (Å²) in [6.07, 6.45) is 1.65. The average Bonchev–Trinajstić information content (AvgIpc) is 3.34. The molecule has 3 aromatic rings. The van der Waals surface area contributed by atoms with E-state index >= 15 is 0 Å². The number of carboxylic acids is 1. The Bertz CT molecular complexity index is 1440. The van der Waals surface area contributed by atoms with Crippen LogP contribution < -0.4 is 16.0 Å². The molecular formula is C30H36FN5O7. The summed E-state index contributed by atoms with van der Waals surface area (Å²) in [5.41, 5.74) is -1.25. The maximum atomic E-state index is 13.8. The van der Waals surface area contributed by atoms with Crippen LogP contribution in [0.3, 0.4) is 0 Å². The molecule has 3 rings (SSSR count). The molecule has 2 atom stereocenters. The van der Waals surface area contributed by atoms with Crippen molar-refractivity contribution in [1.82, 2.24) is 20.2 Å². The molecule has 1 aromatic heterocycles. The van der Waals surface area contributed by atoms with Crippen LogP contribution in [-0.4, -0.2) is 62.3 Å². The fourth-order valence-corrected chi connectivity index (χ4v) is 3.88. The Morgan fingerprint density at radius 1 is 1.02 bits per heavy atom. The number of carboxylic acid groups (broad SMARTS) is 1. The van der Waals surface area contributed by atoms with Gasteiger partial charge in [-0.2, -0.15) is 0 Å². The molecule has 2 aromatic carbocycles. The minimum absolute atomic E-state index is 0.0129. The number of anilines is 1. The van der Waals surface area contributed by atoms with Gasteiger partial charge in [-0.15, -0.1) is 0 Å². The van der Waals surface area contributed by atoms with E-state index in [1.54, 1.807) is 20.8 Å². The molecule has 0 spiro atoms. The molecule has 3 amide bonds. The Hall–Kier alpha value is -4.78. The quantitative estimate of drug-likeness (QED) is 0.246. The van der Waals surface area contributed by atoms with Crippen LogP contribution in [0, 0.1) is 5.82 Å². The number of imidazole rings is 1. The SMILES string of the molecule is CC(C)(C)OC(=O)NC(C)(C)C(=O)NC(COCc1ccccc1)C(=O)Nc1cn(C(C(=O)O)c2cccc(F)c2)cn1. The number of alkyl carbamates (subject to hydrolysis) is 1. The van der Waals surface area contributed by atoms with Crippen molar-refractivity contribution in [3.8, 4) is 0 Å². The van der Waals surface area contributed by atoms with Crippen molar-refractivity contribution in [3.05, 3.63) is 84.1 Å². The van der Waals surface area contributed by atoms with Gasteiger partial charge in [0.25, 0.3) is 5.91 Å². The molecule has 0 aliphatic heterocycles. The lowest BCUT2D eigenvalue weighted by Crippen LogP contribution is -2.59. The highest BCUT2D eigenvalue weighted by Gasteiger charge is 2.35. The van der Waals surface area contributed by atoms with Gasteiger partial charge in [0, 0.05) is 6.20 Å². The first-order chi connectivity index (χ1) is 20.1. The largest absolute Gasteiger partial charge is 0.479 e. The van der Waals surface area contributed by atoms with Crippen LogP contribution >= 0.6 is 0 Å². The number of hydrogen-bond donors (Lipinski definition) is 4. The summed E-state index contributed by atoms with van der Waals surface area (Å²) in [5.74, 6) is -3.28. The van der Waals surface area contributed by atoms with Gasteiger partial charge in [-0.25, -0.2) is 19.0 Å². The van der Waals surface area contributed by atoms with Crippen molar-refractivity contribution >= 4 is 29.7 Å². The van der Waals surface area contributed by atoms with Gasteiger partial charge in [-0.3, -0.25) is 9.59 Å². The lowest BCUT2D eigenvalue weighted by Gasteiger charge is -2.29. The summed E-state index contributed by atoms with van der Waals surface area (Å²) in [7, 11) is 0. The maximum absolute atomic E-state index is 13.8. The highest BCUT2D eigenvalue weighted by atomic mass is 19.1. The van der Waals surface area contributed by atoms with Crippen LogP contribution in [0.5, 0.6) is 0 Å². The number of nitrogens with one attached hydrogen (secondary N) is 3. The van der Waals surface area contributed by atoms with Crippen molar-refractivity contribution in [2.24, 2.45) is 0 Å². The zero-order chi connectivity index (χ0) is 31.8. The number of aromatic nitrogens is 2. The minimum atomic E-state index is -1.47. The molecule has 230 valence electrons. The first-order valence-corrected chi connectivity index (χ1v) is 13.4. The number of carbonyl (C=O) groups excluding carboxylic acids is 3. The minimum Gasteiger partial charge on any atom is -0.479 e. The molecule has 12 nitrogen and oxygen atoms in total. The number of halogens is 1. The number of carbonyl (C=O) groups is 4. The Balaban J connectivity index is 1.76. The van der Waals surface area contributed by atoms with Crippen molar-refractivity contribution in [2.45, 2.75) is 64.4 Å². The average molecular weight is 598 g/mol. The van der Waals surface area contributed by atoms with Crippen LogP contribution in [-0.2, 0) is 30.5 Å². The van der Waals surface area contributed by atoms with Crippen molar-refractivity contribution in [2.75, 3.05) is 11.9 Å². The maximum Gasteiger partial charge on any atom is 0.408 e. The Labute approximate surface area is 248 Å². The highest BCUT2D eigenvalue weighted by Crippen LogP contribution is 2.21. The Morgan fingerprint density at radius 3 is 2.35 bits per heavy atom. The number of rotatable bonds is 12. The second kappa shape index (κ2) is 13.9. The topological polar surface area (TPSA) is 161 Å². The highest BCUT2D eigenvalue weighted by molar-refractivity contribution is 5.98. The van der Waals surface area contributed by atoms with Gasteiger partial charge in [0.2, 0.25) is 5.91 Å². The van der Waals surface area contributed by atoms with E-state index in [2.05, 4.69) is 20.9 Å². The predicted octanol–water partition coefficient (Wildman–Crippen LogP) is 3.64. The van der Waals surface area contributed by atoms with Crippen molar-refractivity contribution < 1.29 is 38.1 Å². The molecule has 0 saturated heterocycles. The normalized spacial score (nSPS) is 13.0. The van der Waals surface area contributed by atoms with Crippen LogP contribution in [0.1, 0.15) is 51.8 Å². The smallest absolute Gasteiger partial charge is 0.408 e. The van der Waals surface area contributed by atoms with Gasteiger partial charge in [-0.1, -0.05) is 42.5 Å². The number of aliphatic carboxylic acids is 1. The van der Waals surface area contributed by atoms with E-state index in [0.717, 1.165) is 11.6 Å². The molecule has 43 heavy (non-hydrogen) atoms. The Kier molecular flexibility index (Phi) is 10.6. The van der Waals surface area contributed by atoms with E-state index < -0.39 is 52.9 Å². The van der Waals surface area contributed by atoms with E-state index in [1.165, 1.54) is 49.1 Å². The fourth-order valence-electron chi connectivity index (χ4n) is 3.88. The summed E-state index contributed by atoms with van der Waals surface area (Å²) in [5, 5.41) is 17.4. The summed E-state index contributed by atoms with van der Waals surface area (Å²) >= 11 is 0. The standard InChI is InChI=1S/C30H36FN5O7/c1-29(2,3)43-28(41)35-30(4,5)27(40)33-22(17-42-16-19-10-7-6-8-11-19)25(37)34-23-15-36(18-32-23)24(26(38)39)20-12-9-13-21(31)14-20/h6-15,18,22,24H,16-17H2,1-5H3,(H,33,40)(H,34,37)(H,35,41)(H,38,39). The van der Waals surface area contributed by atoms with Gasteiger partial charge >= 0.3 is 12.1 Å². The lowest BCUT2D eigenvalue weighted by molar-refractivity contribution is -0.139. The summed E-state index contributed by atoms with van der Waals surface area (Å²) in [6, 6.07) is 11.8. The first-order valence-electron chi connectivity index (χ1n) is 13.4. The van der Waals surface area contributed by atoms with Crippen LogP contribution in [0.2, 0.25) is 0 Å². The lowest BCUT2D eigenvalue weighted by atomic mass is 10.0. The van der Waals surface area contributed by atoms with E-state index in [9.17, 15) is 28.7 Å². The summed E-state index contributed by atoms with van der Waals surface area (Å²) in [4.78, 5) is 54.9. The van der Waals surface area contributed by atoms with Crippen molar-refractivity contribution in [3.63, 3.8) is 0 Å². The van der Waals surface area contributed by atoms with Gasteiger partial charge < -0.3 is 35.1 Å². The molecule has 0 fully saturated rings. The molecule has 13 heteroatoms. The van der Waals surface area contributed by atoms with Gasteiger partial charge in [0.1, 0.15) is 23.0 Å². The van der Waals surface area contributed by atoms with Crippen LogP contribution in [0.25, 0.3) is 0 Å². The molecule has 0 bridgehead atoms. The molecule has 2 unspecified atom stereocenters. The zero-order valence-corrected chi connectivity index (χ0v) is 24.6. The molecule has 0 saturated carbocycles. The third-order valence-electron chi connectivity index (χ3n) is 5.95. The summed E-state index contributed by atoms with van der Waals surface area (Å²) < 4.78 is 25.9. The van der Waals surface area contributed by atoms with Crippen molar-refractivity contribution in [1.29, 1.82) is 0 Å². The Morgan fingerprint density at radius 2 is 1.72 bits per heavy atom. The molecule has 0 radical (unpaired) electrons. The van der Waals surface area contributed by atoms with Gasteiger partial charge in [-0.05, 0) is 57.9 Å². The zero-order valence-electron chi connectivity index (χ0n) is 24.6. The number of benzene rings is 2. The number of ether oxygens (including phenoxy) is 2. The van der Waals surface area contributed by atoms with Crippen LogP contribution in [0.15, 0.2) is 67.1 Å². The molecule has 0 aliphatic carbocycles. The number of amides is 3. The monoisotopic (exact) mass is 597 g/mol. The van der Waals surface area contributed by atoms with Gasteiger partial charge in [0.05, 0.1) is 19.5 Å². The predicted molar refractivity (Wildman–Crippen MR) is 155 cm³/mol. The molecular weight excluding hydrogens is 561 g/mol. The third-order valence-corrected chi connectivity index (χ3v) is 5.95. The van der Waals surface area contributed by atoms with E-state index in [1.807, 2.05) is 30.3 Å². The van der Waals surface area contributed by atoms with E-state index in [-0.39, 0.29) is 24.6 Å². The first kappa shape index (κ1) is 32.7.